The standard InChI is InChI=1S/C12H15N3S/c13-11-14-8-12(6-7-16-9-12)15(11)10-4-2-1-3-5-10/h1-5H,6-9H2,(H2,13,14). The number of hydrogen-bond acceptors (Lipinski definition) is 4. The smallest absolute Gasteiger partial charge is 0.196 e. The lowest BCUT2D eigenvalue weighted by Gasteiger charge is -2.35. The van der Waals surface area contributed by atoms with Gasteiger partial charge in [0.1, 0.15) is 0 Å². The van der Waals surface area contributed by atoms with Gasteiger partial charge >= 0.3 is 0 Å². The van der Waals surface area contributed by atoms with Crippen molar-refractivity contribution in [3.63, 3.8) is 0 Å². The van der Waals surface area contributed by atoms with Crippen LogP contribution in [0.4, 0.5) is 5.69 Å². The van der Waals surface area contributed by atoms with E-state index in [0.29, 0.717) is 5.96 Å². The summed E-state index contributed by atoms with van der Waals surface area (Å²) in [4.78, 5) is 6.67. The lowest BCUT2D eigenvalue weighted by Crippen LogP contribution is -2.52. The number of nitrogens with two attached hydrogens (primary N) is 1. The Hall–Kier alpha value is -1.16. The summed E-state index contributed by atoms with van der Waals surface area (Å²) < 4.78 is 0. The van der Waals surface area contributed by atoms with Crippen molar-refractivity contribution in [1.82, 2.24) is 0 Å². The number of hydrogen-bond donors (Lipinski definition) is 1. The Labute approximate surface area is 99.7 Å². The van der Waals surface area contributed by atoms with Crippen LogP contribution >= 0.6 is 11.8 Å². The molecule has 2 heterocycles. The molecular weight excluding hydrogens is 218 g/mol. The van der Waals surface area contributed by atoms with Crippen LogP contribution in [-0.2, 0) is 0 Å². The van der Waals surface area contributed by atoms with Crippen molar-refractivity contribution >= 4 is 23.4 Å². The number of benzene rings is 1. The fourth-order valence-electron chi connectivity index (χ4n) is 2.49. The normalized spacial score (nSPS) is 28.8. The lowest BCUT2D eigenvalue weighted by molar-refractivity contribution is 0.516. The molecule has 0 aromatic heterocycles. The molecule has 84 valence electrons. The second kappa shape index (κ2) is 3.70. The van der Waals surface area contributed by atoms with Crippen LogP contribution in [0.5, 0.6) is 0 Å². The van der Waals surface area contributed by atoms with Crippen LogP contribution in [0.15, 0.2) is 35.3 Å². The summed E-state index contributed by atoms with van der Waals surface area (Å²) in [5, 5.41) is 0. The third-order valence-electron chi connectivity index (χ3n) is 3.34. The molecule has 2 N–H and O–H groups in total. The number of thioether (sulfide) groups is 1. The molecule has 16 heavy (non-hydrogen) atoms. The van der Waals surface area contributed by atoms with Gasteiger partial charge in [0.05, 0.1) is 12.1 Å². The van der Waals surface area contributed by atoms with E-state index in [1.54, 1.807) is 0 Å². The van der Waals surface area contributed by atoms with Crippen LogP contribution < -0.4 is 10.6 Å². The van der Waals surface area contributed by atoms with E-state index < -0.39 is 0 Å². The van der Waals surface area contributed by atoms with Crippen molar-refractivity contribution < 1.29 is 0 Å². The van der Waals surface area contributed by atoms with E-state index in [9.17, 15) is 0 Å². The Morgan fingerprint density at radius 2 is 2.12 bits per heavy atom. The molecule has 0 bridgehead atoms. The maximum Gasteiger partial charge on any atom is 0.196 e. The second-order valence-corrected chi connectivity index (χ2v) is 5.48. The van der Waals surface area contributed by atoms with Crippen LogP contribution in [0.25, 0.3) is 0 Å². The van der Waals surface area contributed by atoms with Crippen molar-refractivity contribution in [2.24, 2.45) is 10.7 Å². The fraction of sp³-hybridized carbons (Fsp3) is 0.417. The van der Waals surface area contributed by atoms with E-state index >= 15 is 0 Å². The highest BCUT2D eigenvalue weighted by atomic mass is 32.2. The van der Waals surface area contributed by atoms with Gasteiger partial charge in [-0.2, -0.15) is 11.8 Å². The molecule has 0 radical (unpaired) electrons. The minimum atomic E-state index is 0.149. The van der Waals surface area contributed by atoms with E-state index in [4.69, 9.17) is 5.73 Å². The van der Waals surface area contributed by atoms with Crippen molar-refractivity contribution in [3.05, 3.63) is 30.3 Å². The predicted molar refractivity (Wildman–Crippen MR) is 70.1 cm³/mol. The molecular formula is C12H15N3S. The number of anilines is 1. The Morgan fingerprint density at radius 3 is 2.81 bits per heavy atom. The molecule has 1 spiro atoms. The molecule has 2 aliphatic heterocycles. The van der Waals surface area contributed by atoms with Crippen molar-refractivity contribution in [1.29, 1.82) is 0 Å². The van der Waals surface area contributed by atoms with Crippen LogP contribution in [0.3, 0.4) is 0 Å². The first-order chi connectivity index (χ1) is 7.82. The zero-order valence-electron chi connectivity index (χ0n) is 9.10. The molecule has 0 aliphatic carbocycles. The molecule has 1 fully saturated rings. The molecule has 1 aromatic rings. The SMILES string of the molecule is NC1=NCC2(CCSC2)N1c1ccccc1. The van der Waals surface area contributed by atoms with E-state index in [0.717, 1.165) is 12.3 Å². The van der Waals surface area contributed by atoms with Crippen molar-refractivity contribution in [3.8, 4) is 0 Å². The molecule has 0 amide bonds. The van der Waals surface area contributed by atoms with E-state index in [1.165, 1.54) is 17.9 Å². The maximum absolute atomic E-state index is 6.03. The van der Waals surface area contributed by atoms with Gasteiger partial charge in [-0.15, -0.1) is 0 Å². The van der Waals surface area contributed by atoms with Gasteiger partial charge in [0, 0.05) is 11.4 Å². The molecule has 0 saturated carbocycles. The third kappa shape index (κ3) is 1.40. The molecule has 2 aliphatic rings. The fourth-order valence-corrected chi connectivity index (χ4v) is 3.91. The van der Waals surface area contributed by atoms with Crippen LogP contribution in [0.1, 0.15) is 6.42 Å². The predicted octanol–water partition coefficient (Wildman–Crippen LogP) is 1.70. The summed E-state index contributed by atoms with van der Waals surface area (Å²) in [5.74, 6) is 3.02. The average Bonchev–Trinajstić information content (AvgIpc) is 2.90. The highest BCUT2D eigenvalue weighted by Crippen LogP contribution is 2.39. The largest absolute Gasteiger partial charge is 0.369 e. The first-order valence-electron chi connectivity index (χ1n) is 5.55. The molecule has 1 saturated heterocycles. The Morgan fingerprint density at radius 1 is 1.31 bits per heavy atom. The van der Waals surface area contributed by atoms with Crippen LogP contribution in [0.2, 0.25) is 0 Å². The minimum Gasteiger partial charge on any atom is -0.369 e. The van der Waals surface area contributed by atoms with E-state index in [1.807, 2.05) is 17.8 Å². The monoisotopic (exact) mass is 233 g/mol. The summed E-state index contributed by atoms with van der Waals surface area (Å²) in [6, 6.07) is 10.4. The molecule has 1 aromatic carbocycles. The average molecular weight is 233 g/mol. The van der Waals surface area contributed by atoms with Crippen molar-refractivity contribution in [2.45, 2.75) is 12.0 Å². The molecule has 1 unspecified atom stereocenters. The molecule has 1 atom stereocenters. The highest BCUT2D eigenvalue weighted by molar-refractivity contribution is 7.99. The van der Waals surface area contributed by atoms with Gasteiger partial charge in [0.25, 0.3) is 0 Å². The van der Waals surface area contributed by atoms with Gasteiger partial charge in [-0.1, -0.05) is 18.2 Å². The Balaban J connectivity index is 2.00. The zero-order valence-corrected chi connectivity index (χ0v) is 9.91. The molecule has 4 heteroatoms. The topological polar surface area (TPSA) is 41.6 Å². The number of aliphatic imine (C=N–C) groups is 1. The maximum atomic E-state index is 6.03. The highest BCUT2D eigenvalue weighted by Gasteiger charge is 2.45. The number of para-hydroxylation sites is 1. The summed E-state index contributed by atoms with van der Waals surface area (Å²) in [5.41, 5.74) is 7.35. The van der Waals surface area contributed by atoms with Gasteiger partial charge in [-0.25, -0.2) is 0 Å². The molecule has 3 rings (SSSR count). The third-order valence-corrected chi connectivity index (χ3v) is 4.57. The summed E-state index contributed by atoms with van der Waals surface area (Å²) >= 11 is 2.00. The zero-order chi connectivity index (χ0) is 11.0. The first-order valence-corrected chi connectivity index (χ1v) is 6.70. The van der Waals surface area contributed by atoms with Gasteiger partial charge < -0.3 is 10.6 Å². The van der Waals surface area contributed by atoms with Crippen LogP contribution in [-0.4, -0.2) is 29.5 Å². The Kier molecular flexibility index (Phi) is 2.32. The second-order valence-electron chi connectivity index (χ2n) is 4.37. The summed E-state index contributed by atoms with van der Waals surface area (Å²) in [6.45, 7) is 0.848. The number of rotatable bonds is 1. The lowest BCUT2D eigenvalue weighted by atomic mass is 9.97. The number of nitrogens with zero attached hydrogens (tertiary/aromatic N) is 2. The number of guanidine groups is 1. The van der Waals surface area contributed by atoms with Crippen LogP contribution in [0, 0.1) is 0 Å². The summed E-state index contributed by atoms with van der Waals surface area (Å²) in [6.07, 6.45) is 1.18. The van der Waals surface area contributed by atoms with Crippen molar-refractivity contribution in [2.75, 3.05) is 23.0 Å². The van der Waals surface area contributed by atoms with Gasteiger partial charge in [0.15, 0.2) is 5.96 Å². The Bertz CT molecular complexity index is 410. The van der Waals surface area contributed by atoms with Gasteiger partial charge in [0.2, 0.25) is 0 Å². The van der Waals surface area contributed by atoms with E-state index in [-0.39, 0.29) is 5.54 Å². The van der Waals surface area contributed by atoms with Gasteiger partial charge in [-0.3, -0.25) is 4.99 Å². The quantitative estimate of drug-likeness (QED) is 0.802. The molecule has 3 nitrogen and oxygen atoms in total. The minimum absolute atomic E-state index is 0.149. The summed E-state index contributed by atoms with van der Waals surface area (Å²) in [7, 11) is 0. The first kappa shape index (κ1) is 10.0. The van der Waals surface area contributed by atoms with Gasteiger partial charge in [-0.05, 0) is 24.3 Å². The van der Waals surface area contributed by atoms with E-state index in [2.05, 4.69) is 34.2 Å².